The number of aromatic nitrogens is 3. The van der Waals surface area contributed by atoms with Crippen molar-refractivity contribution in [2.75, 3.05) is 0 Å². The second-order valence-electron chi connectivity index (χ2n) is 4.00. The van der Waals surface area contributed by atoms with Gasteiger partial charge in [0.2, 0.25) is 5.89 Å². The SMILES string of the molecule is CCCC(N)c1nc(Cc2nc(C)cs2)no1. The van der Waals surface area contributed by atoms with Crippen molar-refractivity contribution in [2.24, 2.45) is 5.73 Å². The van der Waals surface area contributed by atoms with Crippen LogP contribution < -0.4 is 5.73 Å². The molecule has 6 heteroatoms. The number of nitrogens with two attached hydrogens (primary N) is 1. The third-order valence-electron chi connectivity index (χ3n) is 2.38. The minimum atomic E-state index is -0.153. The highest BCUT2D eigenvalue weighted by molar-refractivity contribution is 7.09. The van der Waals surface area contributed by atoms with Crippen LogP contribution in [0, 0.1) is 6.92 Å². The van der Waals surface area contributed by atoms with Crippen LogP contribution in [0.4, 0.5) is 0 Å². The van der Waals surface area contributed by atoms with Gasteiger partial charge >= 0.3 is 0 Å². The second kappa shape index (κ2) is 5.37. The van der Waals surface area contributed by atoms with Crippen molar-refractivity contribution < 1.29 is 4.52 Å². The van der Waals surface area contributed by atoms with Gasteiger partial charge in [0.15, 0.2) is 5.82 Å². The Hall–Kier alpha value is -1.27. The Morgan fingerprint density at radius 1 is 1.47 bits per heavy atom. The molecule has 0 aliphatic carbocycles. The molecule has 0 saturated carbocycles. The van der Waals surface area contributed by atoms with Crippen LogP contribution in [0.1, 0.15) is 48.2 Å². The van der Waals surface area contributed by atoms with E-state index < -0.39 is 0 Å². The molecule has 2 rings (SSSR count). The first-order chi connectivity index (χ1) is 8.19. The molecule has 1 unspecified atom stereocenters. The first kappa shape index (κ1) is 12.2. The summed E-state index contributed by atoms with van der Waals surface area (Å²) in [6.07, 6.45) is 2.48. The summed E-state index contributed by atoms with van der Waals surface area (Å²) < 4.78 is 5.15. The van der Waals surface area contributed by atoms with Crippen molar-refractivity contribution in [3.05, 3.63) is 27.8 Å². The minimum Gasteiger partial charge on any atom is -0.338 e. The van der Waals surface area contributed by atoms with Crippen LogP contribution in [0.25, 0.3) is 0 Å². The van der Waals surface area contributed by atoms with Gasteiger partial charge < -0.3 is 10.3 Å². The van der Waals surface area contributed by atoms with E-state index in [2.05, 4.69) is 22.0 Å². The smallest absolute Gasteiger partial charge is 0.243 e. The van der Waals surface area contributed by atoms with Gasteiger partial charge in [0.25, 0.3) is 0 Å². The predicted molar refractivity (Wildman–Crippen MR) is 65.8 cm³/mol. The Morgan fingerprint density at radius 2 is 2.29 bits per heavy atom. The van der Waals surface area contributed by atoms with Crippen molar-refractivity contribution in [1.29, 1.82) is 0 Å². The van der Waals surface area contributed by atoms with E-state index in [9.17, 15) is 0 Å². The topological polar surface area (TPSA) is 77.8 Å². The average molecular weight is 252 g/mol. The average Bonchev–Trinajstić information content (AvgIpc) is 2.89. The lowest BCUT2D eigenvalue weighted by Gasteiger charge is -2.01. The molecule has 0 spiro atoms. The highest BCUT2D eigenvalue weighted by atomic mass is 32.1. The Morgan fingerprint density at radius 3 is 2.94 bits per heavy atom. The van der Waals surface area contributed by atoms with E-state index in [1.54, 1.807) is 11.3 Å². The molecule has 1 atom stereocenters. The van der Waals surface area contributed by atoms with E-state index in [1.807, 2.05) is 12.3 Å². The standard InChI is InChI=1S/C11H16N4OS/c1-3-4-8(12)11-14-9(15-16-11)5-10-13-7(2)6-17-10/h6,8H,3-5,12H2,1-2H3. The maximum Gasteiger partial charge on any atom is 0.243 e. The van der Waals surface area contributed by atoms with Gasteiger partial charge in [-0.25, -0.2) is 4.98 Å². The van der Waals surface area contributed by atoms with Crippen LogP contribution in [0.2, 0.25) is 0 Å². The lowest BCUT2D eigenvalue weighted by molar-refractivity contribution is 0.345. The maximum atomic E-state index is 5.91. The number of rotatable bonds is 5. The van der Waals surface area contributed by atoms with Crippen LogP contribution in [0.5, 0.6) is 0 Å². The molecule has 0 fully saturated rings. The maximum absolute atomic E-state index is 5.91. The summed E-state index contributed by atoms with van der Waals surface area (Å²) in [6, 6.07) is -0.153. The van der Waals surface area contributed by atoms with Gasteiger partial charge in [0, 0.05) is 11.1 Å². The lowest BCUT2D eigenvalue weighted by atomic mass is 10.2. The molecule has 0 radical (unpaired) electrons. The van der Waals surface area contributed by atoms with Gasteiger partial charge in [-0.2, -0.15) is 4.98 Å². The molecule has 0 aromatic carbocycles. The van der Waals surface area contributed by atoms with Crippen molar-refractivity contribution in [3.8, 4) is 0 Å². The molecule has 2 aromatic rings. The van der Waals surface area contributed by atoms with Crippen LogP contribution in [-0.4, -0.2) is 15.1 Å². The zero-order valence-electron chi connectivity index (χ0n) is 10.0. The molecule has 0 aliphatic rings. The normalized spacial score (nSPS) is 12.9. The molecular weight excluding hydrogens is 236 g/mol. The number of hydrogen-bond donors (Lipinski definition) is 1. The molecule has 2 heterocycles. The van der Waals surface area contributed by atoms with E-state index in [4.69, 9.17) is 10.3 Å². The monoisotopic (exact) mass is 252 g/mol. The van der Waals surface area contributed by atoms with E-state index in [0.717, 1.165) is 23.5 Å². The third-order valence-corrected chi connectivity index (χ3v) is 3.34. The lowest BCUT2D eigenvalue weighted by Crippen LogP contribution is -2.10. The Kier molecular flexibility index (Phi) is 3.86. The van der Waals surface area contributed by atoms with Crippen molar-refractivity contribution in [1.82, 2.24) is 15.1 Å². The Balaban J connectivity index is 2.03. The molecule has 0 amide bonds. The molecule has 0 bridgehead atoms. The summed E-state index contributed by atoms with van der Waals surface area (Å²) in [6.45, 7) is 4.05. The summed E-state index contributed by atoms with van der Waals surface area (Å²) in [5.41, 5.74) is 6.93. The molecule has 2 N–H and O–H groups in total. The summed E-state index contributed by atoms with van der Waals surface area (Å²) in [5.74, 6) is 1.18. The summed E-state index contributed by atoms with van der Waals surface area (Å²) in [7, 11) is 0. The fourth-order valence-electron chi connectivity index (χ4n) is 1.54. The van der Waals surface area contributed by atoms with Gasteiger partial charge in [-0.15, -0.1) is 11.3 Å². The summed E-state index contributed by atoms with van der Waals surface area (Å²) in [4.78, 5) is 8.66. The Bertz CT molecular complexity index is 479. The largest absolute Gasteiger partial charge is 0.338 e. The Labute approximate surface area is 104 Å². The van der Waals surface area contributed by atoms with Gasteiger partial charge in [0.05, 0.1) is 12.5 Å². The second-order valence-corrected chi connectivity index (χ2v) is 4.95. The third kappa shape index (κ3) is 3.10. The molecule has 17 heavy (non-hydrogen) atoms. The van der Waals surface area contributed by atoms with Gasteiger partial charge in [0.1, 0.15) is 5.01 Å². The van der Waals surface area contributed by atoms with Crippen molar-refractivity contribution >= 4 is 11.3 Å². The van der Waals surface area contributed by atoms with E-state index in [-0.39, 0.29) is 6.04 Å². The quantitative estimate of drug-likeness (QED) is 0.882. The molecule has 5 nitrogen and oxygen atoms in total. The number of thiazole rings is 1. The van der Waals surface area contributed by atoms with Gasteiger partial charge in [-0.3, -0.25) is 0 Å². The van der Waals surface area contributed by atoms with Crippen LogP contribution >= 0.6 is 11.3 Å². The molecule has 0 aliphatic heterocycles. The fourth-order valence-corrected chi connectivity index (χ4v) is 2.31. The van der Waals surface area contributed by atoms with E-state index >= 15 is 0 Å². The highest BCUT2D eigenvalue weighted by Gasteiger charge is 2.14. The zero-order valence-corrected chi connectivity index (χ0v) is 10.8. The molecular formula is C11H16N4OS. The van der Waals surface area contributed by atoms with E-state index in [0.29, 0.717) is 18.1 Å². The molecule has 92 valence electrons. The van der Waals surface area contributed by atoms with Gasteiger partial charge in [-0.05, 0) is 13.3 Å². The molecule has 2 aromatic heterocycles. The predicted octanol–water partition coefficient (Wildman–Crippen LogP) is 2.23. The van der Waals surface area contributed by atoms with Crippen LogP contribution in [-0.2, 0) is 6.42 Å². The number of aryl methyl sites for hydroxylation is 1. The fraction of sp³-hybridized carbons (Fsp3) is 0.545. The zero-order chi connectivity index (χ0) is 12.3. The minimum absolute atomic E-state index is 0.153. The van der Waals surface area contributed by atoms with Crippen molar-refractivity contribution in [2.45, 2.75) is 39.2 Å². The van der Waals surface area contributed by atoms with Gasteiger partial charge in [-0.1, -0.05) is 18.5 Å². The van der Waals surface area contributed by atoms with Crippen LogP contribution in [0.3, 0.4) is 0 Å². The first-order valence-electron chi connectivity index (χ1n) is 5.68. The first-order valence-corrected chi connectivity index (χ1v) is 6.56. The number of hydrogen-bond acceptors (Lipinski definition) is 6. The highest BCUT2D eigenvalue weighted by Crippen LogP contribution is 2.16. The van der Waals surface area contributed by atoms with Crippen LogP contribution in [0.15, 0.2) is 9.90 Å². The molecule has 0 saturated heterocycles. The number of nitrogens with zero attached hydrogens (tertiary/aromatic N) is 3. The van der Waals surface area contributed by atoms with E-state index in [1.165, 1.54) is 0 Å². The van der Waals surface area contributed by atoms with Crippen molar-refractivity contribution in [3.63, 3.8) is 0 Å². The summed E-state index contributed by atoms with van der Waals surface area (Å²) >= 11 is 1.61. The summed E-state index contributed by atoms with van der Waals surface area (Å²) in [5, 5.41) is 6.94.